The molecule has 0 unspecified atom stereocenters. The van der Waals surface area contributed by atoms with Crippen molar-refractivity contribution >= 4 is 16.8 Å². The van der Waals surface area contributed by atoms with E-state index in [1.807, 2.05) is 30.3 Å². The summed E-state index contributed by atoms with van der Waals surface area (Å²) in [6.45, 7) is 2.34. The van der Waals surface area contributed by atoms with E-state index in [0.29, 0.717) is 5.92 Å². The first kappa shape index (κ1) is 16.8. The Labute approximate surface area is 133 Å². The van der Waals surface area contributed by atoms with E-state index in [1.54, 1.807) is 0 Å². The molecule has 6 heteroatoms. The standard InChI is InChI=1S/C16H23NO4S/c1-12-7-8-15(14(9-12)11-22(19)20)17-16(18)21-10-13-5-3-2-4-6-13/h2-6,12,14-15,22H,7-11H2,1H3,(H,17,18)/t12-,14+,15+/m1/s1. The molecule has 0 spiro atoms. The number of thiol groups is 1. The molecule has 1 N–H and O–H groups in total. The second-order valence-corrected chi connectivity index (χ2v) is 7.04. The van der Waals surface area contributed by atoms with Gasteiger partial charge in [-0.25, -0.2) is 13.2 Å². The second-order valence-electron chi connectivity index (χ2n) is 6.01. The van der Waals surface area contributed by atoms with Crippen LogP contribution >= 0.6 is 0 Å². The molecule has 22 heavy (non-hydrogen) atoms. The monoisotopic (exact) mass is 325 g/mol. The van der Waals surface area contributed by atoms with Crippen LogP contribution in [0.4, 0.5) is 4.79 Å². The van der Waals surface area contributed by atoms with Crippen LogP contribution in [0.15, 0.2) is 30.3 Å². The lowest BCUT2D eigenvalue weighted by Gasteiger charge is -2.34. The van der Waals surface area contributed by atoms with Gasteiger partial charge in [-0.2, -0.15) is 0 Å². The van der Waals surface area contributed by atoms with Crippen LogP contribution in [-0.4, -0.2) is 26.3 Å². The first-order valence-electron chi connectivity index (χ1n) is 7.63. The zero-order chi connectivity index (χ0) is 15.9. The molecule has 1 aliphatic rings. The summed E-state index contributed by atoms with van der Waals surface area (Å²) in [4.78, 5) is 11.9. The van der Waals surface area contributed by atoms with Crippen molar-refractivity contribution < 1.29 is 17.9 Å². The highest BCUT2D eigenvalue weighted by molar-refractivity contribution is 7.72. The fourth-order valence-corrected chi connectivity index (χ4v) is 3.78. The van der Waals surface area contributed by atoms with Gasteiger partial charge >= 0.3 is 6.09 Å². The predicted molar refractivity (Wildman–Crippen MR) is 85.2 cm³/mol. The zero-order valence-electron chi connectivity index (χ0n) is 12.7. The number of rotatable bonds is 5. The van der Waals surface area contributed by atoms with Gasteiger partial charge in [-0.3, -0.25) is 0 Å². The summed E-state index contributed by atoms with van der Waals surface area (Å²) in [5.74, 6) is 0.607. The average Bonchev–Trinajstić information content (AvgIpc) is 2.48. The van der Waals surface area contributed by atoms with Crippen LogP contribution in [0.2, 0.25) is 0 Å². The lowest BCUT2D eigenvalue weighted by atomic mass is 9.80. The minimum absolute atomic E-state index is 0.0193. The molecule has 2 rings (SSSR count). The molecule has 0 saturated heterocycles. The summed E-state index contributed by atoms with van der Waals surface area (Å²) >= 11 is 0. The fourth-order valence-electron chi connectivity index (χ4n) is 3.00. The lowest BCUT2D eigenvalue weighted by Crippen LogP contribution is -2.45. The number of carbonyl (C=O) groups excluding carboxylic acids is 1. The molecule has 0 aromatic heterocycles. The zero-order valence-corrected chi connectivity index (χ0v) is 13.6. The molecule has 1 saturated carbocycles. The van der Waals surface area contributed by atoms with Crippen molar-refractivity contribution in [2.45, 2.75) is 38.8 Å². The summed E-state index contributed by atoms with van der Waals surface area (Å²) in [7, 11) is -2.43. The van der Waals surface area contributed by atoms with E-state index >= 15 is 0 Å². The summed E-state index contributed by atoms with van der Waals surface area (Å²) in [6, 6.07) is 9.34. The van der Waals surface area contributed by atoms with Gasteiger partial charge in [0.15, 0.2) is 0 Å². The van der Waals surface area contributed by atoms with Crippen LogP contribution in [-0.2, 0) is 22.0 Å². The Kier molecular flexibility index (Phi) is 6.24. The van der Waals surface area contributed by atoms with E-state index in [9.17, 15) is 13.2 Å². The van der Waals surface area contributed by atoms with Gasteiger partial charge in [-0.15, -0.1) is 0 Å². The third-order valence-corrected chi connectivity index (χ3v) is 4.91. The number of hydrogen-bond acceptors (Lipinski definition) is 4. The number of alkyl carbamates (subject to hydrolysis) is 1. The van der Waals surface area contributed by atoms with E-state index in [1.165, 1.54) is 0 Å². The van der Waals surface area contributed by atoms with E-state index in [4.69, 9.17) is 4.74 Å². The highest BCUT2D eigenvalue weighted by atomic mass is 32.2. The number of carbonyl (C=O) groups is 1. The Balaban J connectivity index is 1.85. The van der Waals surface area contributed by atoms with Gasteiger partial charge in [-0.05, 0) is 36.7 Å². The van der Waals surface area contributed by atoms with Gasteiger partial charge in [-0.1, -0.05) is 37.3 Å². The topological polar surface area (TPSA) is 72.5 Å². The molecule has 0 heterocycles. The first-order valence-corrected chi connectivity index (χ1v) is 9.00. The van der Waals surface area contributed by atoms with Gasteiger partial charge < -0.3 is 10.1 Å². The van der Waals surface area contributed by atoms with Gasteiger partial charge in [0.1, 0.15) is 17.3 Å². The Morgan fingerprint density at radius 3 is 2.68 bits per heavy atom. The van der Waals surface area contributed by atoms with Crippen molar-refractivity contribution in [2.24, 2.45) is 11.8 Å². The molecule has 122 valence electrons. The van der Waals surface area contributed by atoms with Crippen LogP contribution in [0.1, 0.15) is 31.7 Å². The van der Waals surface area contributed by atoms with Crippen molar-refractivity contribution in [3.05, 3.63) is 35.9 Å². The van der Waals surface area contributed by atoms with Gasteiger partial charge in [0.05, 0.1) is 5.75 Å². The number of benzene rings is 1. The molecular weight excluding hydrogens is 302 g/mol. The van der Waals surface area contributed by atoms with Crippen molar-refractivity contribution in [2.75, 3.05) is 5.75 Å². The second kappa shape index (κ2) is 8.17. The molecule has 1 aromatic rings. The molecule has 0 aliphatic heterocycles. The molecule has 1 fully saturated rings. The Morgan fingerprint density at radius 2 is 2.00 bits per heavy atom. The van der Waals surface area contributed by atoms with E-state index in [2.05, 4.69) is 12.2 Å². The third-order valence-electron chi connectivity index (χ3n) is 4.14. The minimum atomic E-state index is -2.43. The predicted octanol–water partition coefficient (Wildman–Crippen LogP) is 2.33. The first-order chi connectivity index (χ1) is 10.5. The van der Waals surface area contributed by atoms with Crippen molar-refractivity contribution in [3.8, 4) is 0 Å². The number of hydrogen-bond donors (Lipinski definition) is 2. The van der Waals surface area contributed by atoms with Crippen molar-refractivity contribution in [3.63, 3.8) is 0 Å². The minimum Gasteiger partial charge on any atom is -0.445 e. The average molecular weight is 325 g/mol. The lowest BCUT2D eigenvalue weighted by molar-refractivity contribution is 0.125. The van der Waals surface area contributed by atoms with Crippen molar-refractivity contribution in [1.82, 2.24) is 5.32 Å². The van der Waals surface area contributed by atoms with E-state index in [0.717, 1.165) is 24.8 Å². The van der Waals surface area contributed by atoms with Crippen LogP contribution < -0.4 is 5.32 Å². The number of amides is 1. The molecule has 1 amide bonds. The molecule has 1 aliphatic carbocycles. The summed E-state index contributed by atoms with van der Waals surface area (Å²) in [5, 5.41) is 2.84. The van der Waals surface area contributed by atoms with Gasteiger partial charge in [0, 0.05) is 6.04 Å². The largest absolute Gasteiger partial charge is 0.445 e. The van der Waals surface area contributed by atoms with Gasteiger partial charge in [0.2, 0.25) is 0 Å². The maximum atomic E-state index is 11.9. The van der Waals surface area contributed by atoms with Crippen molar-refractivity contribution in [1.29, 1.82) is 0 Å². The maximum absolute atomic E-state index is 11.9. The smallest absolute Gasteiger partial charge is 0.407 e. The molecule has 3 atom stereocenters. The van der Waals surface area contributed by atoms with Crippen LogP contribution in [0, 0.1) is 11.8 Å². The fraction of sp³-hybridized carbons (Fsp3) is 0.562. The molecule has 1 aromatic carbocycles. The maximum Gasteiger partial charge on any atom is 0.407 e. The number of ether oxygens (including phenoxy) is 1. The Bertz CT molecular complexity index is 551. The SMILES string of the molecule is C[C@@H]1CC[C@H](NC(=O)OCc2ccccc2)[C@H](C[SH](=O)=O)C1. The summed E-state index contributed by atoms with van der Waals surface area (Å²) < 4.78 is 27.2. The molecule has 0 bridgehead atoms. The highest BCUT2D eigenvalue weighted by Crippen LogP contribution is 2.29. The summed E-state index contributed by atoms with van der Waals surface area (Å²) in [6.07, 6.45) is 2.15. The van der Waals surface area contributed by atoms with E-state index < -0.39 is 16.8 Å². The van der Waals surface area contributed by atoms with Gasteiger partial charge in [0.25, 0.3) is 0 Å². The Hall–Kier alpha value is -1.56. The molecular formula is C16H23NO4S. The van der Waals surface area contributed by atoms with E-state index in [-0.39, 0.29) is 24.3 Å². The molecule has 5 nitrogen and oxygen atoms in total. The third kappa shape index (κ3) is 5.33. The number of nitrogens with one attached hydrogen (secondary N) is 1. The van der Waals surface area contributed by atoms with Crippen LogP contribution in [0.25, 0.3) is 0 Å². The molecule has 0 radical (unpaired) electrons. The summed E-state index contributed by atoms with van der Waals surface area (Å²) in [5.41, 5.74) is 0.925. The van der Waals surface area contributed by atoms with Crippen LogP contribution in [0.3, 0.4) is 0 Å². The Morgan fingerprint density at radius 1 is 1.27 bits per heavy atom. The van der Waals surface area contributed by atoms with Crippen LogP contribution in [0.5, 0.6) is 0 Å². The highest BCUT2D eigenvalue weighted by Gasteiger charge is 2.30. The normalized spacial score (nSPS) is 24.9. The quantitative estimate of drug-likeness (QED) is 0.815.